The maximum absolute atomic E-state index is 10.6. The van der Waals surface area contributed by atoms with Crippen LogP contribution in [-0.2, 0) is 6.42 Å². The molecule has 0 saturated heterocycles. The number of benzene rings is 1. The van der Waals surface area contributed by atoms with Gasteiger partial charge in [-0.05, 0) is 18.7 Å². The number of likely N-dealkylation sites (N-methyl/N-ethyl adjacent to an activating group) is 1. The van der Waals surface area contributed by atoms with Gasteiger partial charge >= 0.3 is 0 Å². The second-order valence-electron chi connectivity index (χ2n) is 4.03. The first-order valence-electron chi connectivity index (χ1n) is 6.10. The number of nitrogens with zero attached hydrogens (tertiary/aromatic N) is 2. The molecule has 0 amide bonds. The van der Waals surface area contributed by atoms with Crippen molar-refractivity contribution in [2.45, 2.75) is 13.3 Å². The highest BCUT2D eigenvalue weighted by Gasteiger charge is 2.08. The third kappa shape index (κ3) is 3.59. The summed E-state index contributed by atoms with van der Waals surface area (Å²) in [6.45, 7) is 3.95. The molecule has 19 heavy (non-hydrogen) atoms. The summed E-state index contributed by atoms with van der Waals surface area (Å²) < 4.78 is 0. The zero-order valence-corrected chi connectivity index (χ0v) is 11.4. The Hall–Kier alpha value is -1.79. The predicted octanol–water partition coefficient (Wildman–Crippen LogP) is 2.87. The lowest BCUT2D eigenvalue weighted by Crippen LogP contribution is -2.15. The minimum atomic E-state index is -0.396. The van der Waals surface area contributed by atoms with E-state index in [2.05, 4.69) is 17.2 Å². The van der Waals surface area contributed by atoms with Crippen LogP contribution in [-0.4, -0.2) is 23.0 Å². The highest BCUT2D eigenvalue weighted by Crippen LogP contribution is 2.24. The number of hydrogen-bond acceptors (Lipinski definition) is 5. The van der Waals surface area contributed by atoms with E-state index in [-0.39, 0.29) is 5.69 Å². The minimum Gasteiger partial charge on any atom is -0.317 e. The molecule has 0 fully saturated rings. The van der Waals surface area contributed by atoms with Gasteiger partial charge in [-0.1, -0.05) is 6.92 Å². The first kappa shape index (κ1) is 13.6. The Morgan fingerprint density at radius 1 is 1.37 bits per heavy atom. The average molecular weight is 277 g/mol. The number of non-ortho nitro benzene ring substituents is 1. The molecule has 0 aliphatic carbocycles. The van der Waals surface area contributed by atoms with Crippen molar-refractivity contribution >= 4 is 17.0 Å². The summed E-state index contributed by atoms with van der Waals surface area (Å²) in [7, 11) is 0. The smallest absolute Gasteiger partial charge is 0.269 e. The van der Waals surface area contributed by atoms with E-state index in [1.54, 1.807) is 23.5 Å². The Morgan fingerprint density at radius 3 is 2.74 bits per heavy atom. The largest absolute Gasteiger partial charge is 0.317 e. The van der Waals surface area contributed by atoms with E-state index in [9.17, 15) is 10.1 Å². The molecule has 0 aliphatic rings. The second kappa shape index (κ2) is 6.40. The Balaban J connectivity index is 2.07. The molecule has 0 unspecified atom stereocenters. The maximum Gasteiger partial charge on any atom is 0.269 e. The maximum atomic E-state index is 10.6. The van der Waals surface area contributed by atoms with Gasteiger partial charge in [0.15, 0.2) is 0 Å². The molecular weight excluding hydrogens is 262 g/mol. The fraction of sp³-hybridized carbons (Fsp3) is 0.308. The number of thiazole rings is 1. The average Bonchev–Trinajstić information content (AvgIpc) is 2.88. The topological polar surface area (TPSA) is 68.1 Å². The highest BCUT2D eigenvalue weighted by molar-refractivity contribution is 7.09. The van der Waals surface area contributed by atoms with Crippen LogP contribution in [0.1, 0.15) is 11.9 Å². The van der Waals surface area contributed by atoms with Crippen LogP contribution in [0.25, 0.3) is 11.3 Å². The summed E-state index contributed by atoms with van der Waals surface area (Å²) in [6, 6.07) is 6.49. The quantitative estimate of drug-likeness (QED) is 0.501. The van der Waals surface area contributed by atoms with Crippen molar-refractivity contribution in [2.75, 3.05) is 13.1 Å². The second-order valence-corrected chi connectivity index (χ2v) is 4.98. The molecule has 0 radical (unpaired) electrons. The van der Waals surface area contributed by atoms with E-state index in [0.717, 1.165) is 35.8 Å². The summed E-state index contributed by atoms with van der Waals surface area (Å²) in [4.78, 5) is 14.7. The van der Waals surface area contributed by atoms with Crippen molar-refractivity contribution in [3.63, 3.8) is 0 Å². The van der Waals surface area contributed by atoms with Crippen LogP contribution in [0, 0.1) is 10.1 Å². The molecule has 6 heteroatoms. The SMILES string of the molecule is CCNCCc1nc(-c2ccc([N+](=O)[O-])cc2)cs1. The molecule has 1 N–H and O–H groups in total. The zero-order valence-electron chi connectivity index (χ0n) is 10.6. The van der Waals surface area contributed by atoms with Gasteiger partial charge in [-0.25, -0.2) is 4.98 Å². The normalized spacial score (nSPS) is 10.6. The lowest BCUT2D eigenvalue weighted by molar-refractivity contribution is -0.384. The van der Waals surface area contributed by atoms with Crippen molar-refractivity contribution in [3.05, 3.63) is 44.8 Å². The molecule has 100 valence electrons. The molecule has 1 heterocycles. The molecule has 2 aromatic rings. The molecule has 1 aromatic heterocycles. The predicted molar refractivity (Wildman–Crippen MR) is 76.5 cm³/mol. The van der Waals surface area contributed by atoms with Gasteiger partial charge < -0.3 is 5.32 Å². The summed E-state index contributed by atoms with van der Waals surface area (Å²) >= 11 is 1.62. The van der Waals surface area contributed by atoms with E-state index in [0.29, 0.717) is 0 Å². The summed E-state index contributed by atoms with van der Waals surface area (Å²) in [5.74, 6) is 0. The van der Waals surface area contributed by atoms with Crippen molar-refractivity contribution in [2.24, 2.45) is 0 Å². The van der Waals surface area contributed by atoms with Gasteiger partial charge in [-0.15, -0.1) is 11.3 Å². The third-order valence-electron chi connectivity index (χ3n) is 2.69. The molecule has 0 atom stereocenters. The van der Waals surface area contributed by atoms with E-state index in [4.69, 9.17) is 0 Å². The standard InChI is InChI=1S/C13H15N3O2S/c1-2-14-8-7-13-15-12(9-19-13)10-3-5-11(6-4-10)16(17)18/h3-6,9,14H,2,7-8H2,1H3. The monoisotopic (exact) mass is 277 g/mol. The minimum absolute atomic E-state index is 0.103. The highest BCUT2D eigenvalue weighted by atomic mass is 32.1. The van der Waals surface area contributed by atoms with E-state index < -0.39 is 4.92 Å². The Morgan fingerprint density at radius 2 is 2.11 bits per heavy atom. The van der Waals surface area contributed by atoms with E-state index in [1.807, 2.05) is 5.38 Å². The summed E-state index contributed by atoms with van der Waals surface area (Å²) in [5, 5.41) is 16.9. The van der Waals surface area contributed by atoms with Crippen LogP contribution in [0.15, 0.2) is 29.6 Å². The molecule has 0 bridgehead atoms. The molecule has 0 spiro atoms. The van der Waals surface area contributed by atoms with Crippen molar-refractivity contribution < 1.29 is 4.92 Å². The number of nitro groups is 1. The number of nitro benzene ring substituents is 1. The van der Waals surface area contributed by atoms with Gasteiger partial charge in [0.05, 0.1) is 15.6 Å². The molecule has 0 aliphatic heterocycles. The fourth-order valence-electron chi connectivity index (χ4n) is 1.68. The summed E-state index contributed by atoms with van der Waals surface area (Å²) in [5.41, 5.74) is 1.90. The van der Waals surface area contributed by atoms with Crippen LogP contribution in [0.2, 0.25) is 0 Å². The Labute approximate surface area is 115 Å². The van der Waals surface area contributed by atoms with Gasteiger partial charge in [-0.2, -0.15) is 0 Å². The van der Waals surface area contributed by atoms with Crippen LogP contribution in [0.5, 0.6) is 0 Å². The van der Waals surface area contributed by atoms with Gasteiger partial charge in [0.25, 0.3) is 5.69 Å². The van der Waals surface area contributed by atoms with E-state index in [1.165, 1.54) is 12.1 Å². The molecule has 2 rings (SSSR count). The Kier molecular flexibility index (Phi) is 4.59. The van der Waals surface area contributed by atoms with Crippen molar-refractivity contribution in [3.8, 4) is 11.3 Å². The first-order valence-corrected chi connectivity index (χ1v) is 6.98. The summed E-state index contributed by atoms with van der Waals surface area (Å²) in [6.07, 6.45) is 0.908. The molecular formula is C13H15N3O2S. The number of aromatic nitrogens is 1. The van der Waals surface area contributed by atoms with Crippen LogP contribution >= 0.6 is 11.3 Å². The van der Waals surface area contributed by atoms with E-state index >= 15 is 0 Å². The van der Waals surface area contributed by atoms with Gasteiger partial charge in [0, 0.05) is 36.0 Å². The lowest BCUT2D eigenvalue weighted by atomic mass is 10.1. The molecule has 0 saturated carbocycles. The molecule has 1 aromatic carbocycles. The number of rotatable bonds is 6. The zero-order chi connectivity index (χ0) is 13.7. The van der Waals surface area contributed by atoms with Crippen molar-refractivity contribution in [1.82, 2.24) is 10.3 Å². The fourth-order valence-corrected chi connectivity index (χ4v) is 2.49. The molecule has 5 nitrogen and oxygen atoms in total. The van der Waals surface area contributed by atoms with Crippen LogP contribution < -0.4 is 5.32 Å². The Bertz CT molecular complexity index is 551. The number of hydrogen-bond donors (Lipinski definition) is 1. The van der Waals surface area contributed by atoms with Gasteiger partial charge in [-0.3, -0.25) is 10.1 Å². The number of nitrogens with one attached hydrogen (secondary N) is 1. The third-order valence-corrected chi connectivity index (χ3v) is 3.60. The first-order chi connectivity index (χ1) is 9.20. The lowest BCUT2D eigenvalue weighted by Gasteiger charge is -1.98. The van der Waals surface area contributed by atoms with Crippen LogP contribution in [0.3, 0.4) is 0 Å². The van der Waals surface area contributed by atoms with Crippen LogP contribution in [0.4, 0.5) is 5.69 Å². The van der Waals surface area contributed by atoms with Gasteiger partial charge in [0.2, 0.25) is 0 Å². The van der Waals surface area contributed by atoms with Gasteiger partial charge in [0.1, 0.15) is 0 Å². The van der Waals surface area contributed by atoms with Crippen molar-refractivity contribution in [1.29, 1.82) is 0 Å².